The second-order valence-electron chi connectivity index (χ2n) is 14.0. The molecule has 0 spiro atoms. The van der Waals surface area contributed by atoms with Crippen LogP contribution in [0.15, 0.2) is 0 Å². The van der Waals surface area contributed by atoms with E-state index in [2.05, 4.69) is 90.1 Å². The Morgan fingerprint density at radius 1 is 0.806 bits per heavy atom. The molecule has 8 heteroatoms. The monoisotopic (exact) mass is 512 g/mol. The number of hydrogen-bond acceptors (Lipinski definition) is 4. The summed E-state index contributed by atoms with van der Waals surface area (Å²) in [5, 5.41) is 26.6. The summed E-state index contributed by atoms with van der Waals surface area (Å²) in [5.41, 5.74) is 0.501. The van der Waals surface area contributed by atoms with E-state index in [1.165, 1.54) is 12.8 Å². The molecule has 0 aromatic rings. The molecule has 2 aliphatic rings. The number of rotatable bonds is 8. The number of piperidine rings is 2. The first-order chi connectivity index (χ1) is 16.3. The third-order valence-corrected chi connectivity index (χ3v) is 7.43. The molecule has 2 fully saturated rings. The van der Waals surface area contributed by atoms with Crippen LogP contribution in [0.5, 0.6) is 0 Å². The van der Waals surface area contributed by atoms with E-state index in [-0.39, 0.29) is 17.2 Å². The highest BCUT2D eigenvalue weighted by Crippen LogP contribution is 2.43. The normalized spacial score (nSPS) is 24.2. The van der Waals surface area contributed by atoms with Gasteiger partial charge in [0.2, 0.25) is 0 Å². The van der Waals surface area contributed by atoms with Gasteiger partial charge in [0.1, 0.15) is 0 Å². The highest BCUT2D eigenvalue weighted by molar-refractivity contribution is 5.65. The summed E-state index contributed by atoms with van der Waals surface area (Å²) < 4.78 is 0. The van der Waals surface area contributed by atoms with Crippen LogP contribution in [-0.2, 0) is 0 Å². The molecule has 1 unspecified atom stereocenters. The minimum absolute atomic E-state index is 0.0842. The van der Waals surface area contributed by atoms with Gasteiger partial charge in [-0.1, -0.05) is 20.3 Å². The number of unbranched alkanes of at least 4 members (excludes halogenated alkanes) is 2. The standard InChI is InChI=1S/C18H35N3O4.C10H21N/c1-13-11-17(2,3)21(18(4,5)12-13)14(20-16(24)25)9-7-6-8-10-19-15(22)23;1-8-6-9(2,3)11-10(4,5)7-8/h13-14,19-20H,6-12H2,1-5H3,(H,22,23)(H,24,25);8,11H,6-7H2,1-5H3. The molecule has 1 atom stereocenters. The Labute approximate surface area is 220 Å². The third kappa shape index (κ3) is 11.2. The maximum Gasteiger partial charge on any atom is 0.405 e. The second kappa shape index (κ2) is 12.8. The predicted molar refractivity (Wildman–Crippen MR) is 148 cm³/mol. The van der Waals surface area contributed by atoms with Gasteiger partial charge in [-0.2, -0.15) is 0 Å². The zero-order valence-corrected chi connectivity index (χ0v) is 24.8. The van der Waals surface area contributed by atoms with Crippen molar-refractivity contribution >= 4 is 12.2 Å². The molecule has 0 aliphatic carbocycles. The molecule has 2 amide bonds. The molecule has 0 saturated carbocycles. The van der Waals surface area contributed by atoms with E-state index in [0.29, 0.717) is 23.5 Å². The van der Waals surface area contributed by atoms with Crippen LogP contribution in [0.1, 0.15) is 121 Å². The zero-order valence-electron chi connectivity index (χ0n) is 24.8. The summed E-state index contributed by atoms with van der Waals surface area (Å²) >= 11 is 0. The second-order valence-corrected chi connectivity index (χ2v) is 14.0. The third-order valence-electron chi connectivity index (χ3n) is 7.43. The van der Waals surface area contributed by atoms with Crippen molar-refractivity contribution < 1.29 is 19.8 Å². The average molecular weight is 513 g/mol. The zero-order chi connectivity index (χ0) is 27.9. The molecule has 36 heavy (non-hydrogen) atoms. The number of nitrogens with one attached hydrogen (secondary N) is 3. The van der Waals surface area contributed by atoms with Crippen molar-refractivity contribution in [2.75, 3.05) is 6.54 Å². The number of hydrogen-bond donors (Lipinski definition) is 5. The highest BCUT2D eigenvalue weighted by Gasteiger charge is 2.47. The van der Waals surface area contributed by atoms with Crippen LogP contribution in [0.25, 0.3) is 0 Å². The fraction of sp³-hybridized carbons (Fsp3) is 0.929. The largest absolute Gasteiger partial charge is 0.465 e. The van der Waals surface area contributed by atoms with Crippen molar-refractivity contribution in [3.05, 3.63) is 0 Å². The van der Waals surface area contributed by atoms with E-state index >= 15 is 0 Å². The summed E-state index contributed by atoms with van der Waals surface area (Å²) in [7, 11) is 0. The molecular formula is C28H56N4O4. The molecule has 2 saturated heterocycles. The first-order valence-corrected chi connectivity index (χ1v) is 13.8. The van der Waals surface area contributed by atoms with Crippen LogP contribution in [0.4, 0.5) is 9.59 Å². The van der Waals surface area contributed by atoms with E-state index in [1.807, 2.05) is 0 Å². The van der Waals surface area contributed by atoms with E-state index in [9.17, 15) is 14.7 Å². The van der Waals surface area contributed by atoms with Crippen molar-refractivity contribution in [2.24, 2.45) is 11.8 Å². The lowest BCUT2D eigenvalue weighted by Gasteiger charge is -2.57. The quantitative estimate of drug-likeness (QED) is 0.245. The van der Waals surface area contributed by atoms with E-state index in [0.717, 1.165) is 44.4 Å². The van der Waals surface area contributed by atoms with Crippen LogP contribution >= 0.6 is 0 Å². The molecule has 0 aromatic heterocycles. The van der Waals surface area contributed by atoms with Crippen LogP contribution in [0.3, 0.4) is 0 Å². The maximum atomic E-state index is 11.3. The fourth-order valence-corrected chi connectivity index (χ4v) is 7.71. The molecule has 212 valence electrons. The van der Waals surface area contributed by atoms with Gasteiger partial charge in [-0.3, -0.25) is 4.90 Å². The number of carboxylic acid groups (broad SMARTS) is 2. The van der Waals surface area contributed by atoms with Crippen molar-refractivity contribution in [3.8, 4) is 0 Å². The smallest absolute Gasteiger partial charge is 0.405 e. The molecule has 0 aromatic carbocycles. The van der Waals surface area contributed by atoms with Crippen molar-refractivity contribution in [3.63, 3.8) is 0 Å². The van der Waals surface area contributed by atoms with Gasteiger partial charge >= 0.3 is 12.2 Å². The molecule has 5 N–H and O–H groups in total. The van der Waals surface area contributed by atoms with Gasteiger partial charge in [0.05, 0.1) is 6.17 Å². The number of nitrogens with zero attached hydrogens (tertiary/aromatic N) is 1. The van der Waals surface area contributed by atoms with Crippen molar-refractivity contribution in [1.82, 2.24) is 20.9 Å². The number of carbonyl (C=O) groups is 2. The Kier molecular flexibility index (Phi) is 11.6. The van der Waals surface area contributed by atoms with Crippen LogP contribution in [0, 0.1) is 11.8 Å². The highest BCUT2D eigenvalue weighted by atomic mass is 16.4. The predicted octanol–water partition coefficient (Wildman–Crippen LogP) is 6.26. The number of amides is 2. The Morgan fingerprint density at radius 2 is 1.28 bits per heavy atom. The minimum atomic E-state index is -1.00. The molecule has 0 bridgehead atoms. The lowest BCUT2D eigenvalue weighted by molar-refractivity contribution is -0.0881. The summed E-state index contributed by atoms with van der Waals surface area (Å²) in [4.78, 5) is 24.1. The topological polar surface area (TPSA) is 114 Å². The van der Waals surface area contributed by atoms with Gasteiger partial charge in [-0.25, -0.2) is 9.59 Å². The Bertz CT molecular complexity index is 686. The first-order valence-electron chi connectivity index (χ1n) is 13.8. The van der Waals surface area contributed by atoms with E-state index < -0.39 is 12.2 Å². The molecule has 2 rings (SSSR count). The maximum absolute atomic E-state index is 11.3. The first kappa shape index (κ1) is 32.5. The fourth-order valence-electron chi connectivity index (χ4n) is 7.71. The Morgan fingerprint density at radius 3 is 1.69 bits per heavy atom. The molecule has 2 aliphatic heterocycles. The van der Waals surface area contributed by atoms with E-state index in [1.54, 1.807) is 0 Å². The van der Waals surface area contributed by atoms with Gasteiger partial charge in [0.25, 0.3) is 0 Å². The molecule has 8 nitrogen and oxygen atoms in total. The molecule has 0 radical (unpaired) electrons. The molecular weight excluding hydrogens is 456 g/mol. The minimum Gasteiger partial charge on any atom is -0.465 e. The average Bonchev–Trinajstić information content (AvgIpc) is 2.58. The van der Waals surface area contributed by atoms with Gasteiger partial charge in [-0.15, -0.1) is 0 Å². The SMILES string of the molecule is CC1CC(C)(C)N(C(CCCCCNC(=O)O)NC(=O)O)C(C)(C)C1.CC1CC(C)(C)NC(C)(C)C1. The lowest BCUT2D eigenvalue weighted by Crippen LogP contribution is -2.67. The van der Waals surface area contributed by atoms with Gasteiger partial charge < -0.3 is 26.2 Å². The van der Waals surface area contributed by atoms with Gasteiger partial charge in [-0.05, 0) is 112 Å². The van der Waals surface area contributed by atoms with E-state index in [4.69, 9.17) is 5.11 Å². The Hall–Kier alpha value is -1.54. The summed E-state index contributed by atoms with van der Waals surface area (Å²) in [5.74, 6) is 1.47. The summed E-state index contributed by atoms with van der Waals surface area (Å²) in [6, 6.07) is 0. The van der Waals surface area contributed by atoms with Crippen LogP contribution in [-0.4, -0.2) is 62.2 Å². The summed E-state index contributed by atoms with van der Waals surface area (Å²) in [6.45, 7) is 23.0. The van der Waals surface area contributed by atoms with Crippen molar-refractivity contribution in [1.29, 1.82) is 0 Å². The van der Waals surface area contributed by atoms with Crippen LogP contribution in [0.2, 0.25) is 0 Å². The van der Waals surface area contributed by atoms with Crippen molar-refractivity contribution in [2.45, 2.75) is 149 Å². The van der Waals surface area contributed by atoms with Crippen LogP contribution < -0.4 is 16.0 Å². The summed E-state index contributed by atoms with van der Waals surface area (Å²) in [6.07, 6.45) is 5.64. The molecule has 2 heterocycles. The number of likely N-dealkylation sites (tertiary alicyclic amines) is 1. The lowest BCUT2D eigenvalue weighted by atomic mass is 9.73. The van der Waals surface area contributed by atoms with Gasteiger partial charge in [0.15, 0.2) is 0 Å². The Balaban J connectivity index is 0.000000488. The van der Waals surface area contributed by atoms with Gasteiger partial charge in [0, 0.05) is 28.7 Å².